The summed E-state index contributed by atoms with van der Waals surface area (Å²) in [6.07, 6.45) is 0. The van der Waals surface area contributed by atoms with Gasteiger partial charge in [-0.2, -0.15) is 0 Å². The highest BCUT2D eigenvalue weighted by atomic mass is 79.9. The molecule has 0 aliphatic carbocycles. The van der Waals surface area contributed by atoms with Crippen molar-refractivity contribution in [2.45, 2.75) is 20.8 Å². The van der Waals surface area contributed by atoms with E-state index in [-0.39, 0.29) is 12.5 Å². The van der Waals surface area contributed by atoms with Gasteiger partial charge >= 0.3 is 12.0 Å². The average Bonchev–Trinajstić information content (AvgIpc) is 2.32. The lowest BCUT2D eigenvalue weighted by molar-refractivity contribution is -0.137. The predicted molar refractivity (Wildman–Crippen MR) is 81.9 cm³/mol. The van der Waals surface area contributed by atoms with Crippen molar-refractivity contribution < 1.29 is 14.7 Å². The van der Waals surface area contributed by atoms with Crippen molar-refractivity contribution in [1.82, 2.24) is 4.90 Å². The van der Waals surface area contributed by atoms with Gasteiger partial charge in [0.15, 0.2) is 0 Å². The van der Waals surface area contributed by atoms with Gasteiger partial charge < -0.3 is 15.3 Å². The minimum atomic E-state index is -1.02. The van der Waals surface area contributed by atoms with E-state index in [1.165, 1.54) is 4.90 Å². The molecule has 0 unspecified atom stereocenters. The molecule has 0 heterocycles. The smallest absolute Gasteiger partial charge is 0.323 e. The first kappa shape index (κ1) is 16.5. The fraction of sp³-hybridized carbons (Fsp3) is 0.429. The van der Waals surface area contributed by atoms with Crippen LogP contribution in [0.3, 0.4) is 0 Å². The van der Waals surface area contributed by atoms with Crippen molar-refractivity contribution in [1.29, 1.82) is 0 Å². The number of hydrogen-bond donors (Lipinski definition) is 2. The van der Waals surface area contributed by atoms with Crippen LogP contribution in [-0.4, -0.2) is 35.1 Å². The maximum Gasteiger partial charge on any atom is 0.323 e. The summed E-state index contributed by atoms with van der Waals surface area (Å²) >= 11 is 3.39. The number of carboxylic acids is 1. The summed E-state index contributed by atoms with van der Waals surface area (Å²) in [4.78, 5) is 24.2. The number of hydrogen-bond acceptors (Lipinski definition) is 2. The Morgan fingerprint density at radius 1 is 1.40 bits per heavy atom. The molecule has 0 fully saturated rings. The maximum absolute atomic E-state index is 12.1. The van der Waals surface area contributed by atoms with E-state index in [0.29, 0.717) is 12.2 Å². The molecule has 6 heteroatoms. The Balaban J connectivity index is 2.78. The van der Waals surface area contributed by atoms with Gasteiger partial charge in [-0.05, 0) is 36.6 Å². The van der Waals surface area contributed by atoms with Crippen molar-refractivity contribution in [3.8, 4) is 0 Å². The number of aliphatic carboxylic acids is 1. The fourth-order valence-electron chi connectivity index (χ4n) is 1.75. The number of anilines is 1. The molecule has 1 aromatic rings. The third-order valence-corrected chi connectivity index (χ3v) is 3.50. The Hall–Kier alpha value is -1.56. The van der Waals surface area contributed by atoms with Crippen LogP contribution < -0.4 is 5.32 Å². The molecule has 5 nitrogen and oxygen atoms in total. The molecular weight excluding hydrogens is 324 g/mol. The number of halogens is 1. The standard InChI is InChI=1S/C14H19BrN2O3/c1-9(2)7-17(8-13(18)19)14(20)16-11-4-5-12(15)10(3)6-11/h4-6,9H,7-8H2,1-3H3,(H,16,20)(H,18,19). The van der Waals surface area contributed by atoms with Crippen LogP contribution in [0.4, 0.5) is 10.5 Å². The minimum Gasteiger partial charge on any atom is -0.480 e. The predicted octanol–water partition coefficient (Wildman–Crippen LogP) is 3.33. The van der Waals surface area contributed by atoms with Crippen LogP contribution >= 0.6 is 15.9 Å². The second-order valence-corrected chi connectivity index (χ2v) is 5.92. The summed E-state index contributed by atoms with van der Waals surface area (Å²) in [7, 11) is 0. The van der Waals surface area contributed by atoms with Crippen LogP contribution in [0.15, 0.2) is 22.7 Å². The molecule has 1 rings (SSSR count). The van der Waals surface area contributed by atoms with E-state index >= 15 is 0 Å². The van der Waals surface area contributed by atoms with Gasteiger partial charge in [0.1, 0.15) is 6.54 Å². The molecule has 0 aliphatic rings. The third-order valence-electron chi connectivity index (χ3n) is 2.61. The van der Waals surface area contributed by atoms with Crippen LogP contribution in [0, 0.1) is 12.8 Å². The number of aryl methyl sites for hydroxylation is 1. The zero-order chi connectivity index (χ0) is 15.3. The van der Waals surface area contributed by atoms with Crippen LogP contribution in [0.2, 0.25) is 0 Å². The van der Waals surface area contributed by atoms with Gasteiger partial charge in [0.25, 0.3) is 0 Å². The zero-order valence-corrected chi connectivity index (χ0v) is 13.4. The van der Waals surface area contributed by atoms with E-state index in [2.05, 4.69) is 21.2 Å². The monoisotopic (exact) mass is 342 g/mol. The van der Waals surface area contributed by atoms with E-state index < -0.39 is 12.0 Å². The lowest BCUT2D eigenvalue weighted by Gasteiger charge is -2.23. The fourth-order valence-corrected chi connectivity index (χ4v) is 1.99. The topological polar surface area (TPSA) is 69.6 Å². The zero-order valence-electron chi connectivity index (χ0n) is 11.8. The van der Waals surface area contributed by atoms with E-state index in [4.69, 9.17) is 5.11 Å². The number of urea groups is 1. The summed E-state index contributed by atoms with van der Waals surface area (Å²) in [6, 6.07) is 5.04. The van der Waals surface area contributed by atoms with Crippen molar-refractivity contribution in [3.63, 3.8) is 0 Å². The van der Waals surface area contributed by atoms with Gasteiger partial charge in [-0.15, -0.1) is 0 Å². The summed E-state index contributed by atoms with van der Waals surface area (Å²) < 4.78 is 0.958. The molecule has 2 N–H and O–H groups in total. The number of rotatable bonds is 5. The molecule has 0 atom stereocenters. The third kappa shape index (κ3) is 5.21. The quantitative estimate of drug-likeness (QED) is 0.862. The van der Waals surface area contributed by atoms with Crippen LogP contribution in [0.1, 0.15) is 19.4 Å². The second kappa shape index (κ2) is 7.28. The van der Waals surface area contributed by atoms with E-state index in [1.54, 1.807) is 6.07 Å². The first-order chi connectivity index (χ1) is 9.29. The molecular formula is C14H19BrN2O3. The first-order valence-corrected chi connectivity index (χ1v) is 7.12. The highest BCUT2D eigenvalue weighted by Crippen LogP contribution is 2.20. The highest BCUT2D eigenvalue weighted by molar-refractivity contribution is 9.10. The Bertz CT molecular complexity index is 503. The van der Waals surface area contributed by atoms with Gasteiger partial charge in [-0.3, -0.25) is 4.79 Å². The lowest BCUT2D eigenvalue weighted by atomic mass is 10.2. The van der Waals surface area contributed by atoms with Crippen LogP contribution in [-0.2, 0) is 4.79 Å². The number of carbonyl (C=O) groups is 2. The summed E-state index contributed by atoms with van der Waals surface area (Å²) in [5.41, 5.74) is 1.64. The van der Waals surface area contributed by atoms with Crippen molar-refractivity contribution >= 4 is 33.6 Å². The van der Waals surface area contributed by atoms with Crippen molar-refractivity contribution in [3.05, 3.63) is 28.2 Å². The highest BCUT2D eigenvalue weighted by Gasteiger charge is 2.18. The SMILES string of the molecule is Cc1cc(NC(=O)N(CC(=O)O)CC(C)C)ccc1Br. The molecule has 0 aliphatic heterocycles. The van der Waals surface area contributed by atoms with Crippen molar-refractivity contribution in [2.75, 3.05) is 18.4 Å². The molecule has 0 radical (unpaired) electrons. The molecule has 0 saturated carbocycles. The van der Waals surface area contributed by atoms with Gasteiger partial charge in [0.2, 0.25) is 0 Å². The van der Waals surface area contributed by atoms with E-state index in [1.807, 2.05) is 32.9 Å². The molecule has 0 saturated heterocycles. The van der Waals surface area contributed by atoms with Gasteiger partial charge in [0, 0.05) is 16.7 Å². The molecule has 0 spiro atoms. The number of nitrogens with one attached hydrogen (secondary N) is 1. The minimum absolute atomic E-state index is 0.201. The Morgan fingerprint density at radius 3 is 2.55 bits per heavy atom. The Labute approximate surface area is 127 Å². The average molecular weight is 343 g/mol. The van der Waals surface area contributed by atoms with Gasteiger partial charge in [-0.25, -0.2) is 4.79 Å². The van der Waals surface area contributed by atoms with E-state index in [0.717, 1.165) is 10.0 Å². The molecule has 1 aromatic carbocycles. The normalized spacial score (nSPS) is 10.4. The summed E-state index contributed by atoms with van der Waals surface area (Å²) in [6.45, 7) is 5.88. The van der Waals surface area contributed by atoms with Crippen LogP contribution in [0.5, 0.6) is 0 Å². The van der Waals surface area contributed by atoms with Crippen LogP contribution in [0.25, 0.3) is 0 Å². The van der Waals surface area contributed by atoms with Gasteiger partial charge in [-0.1, -0.05) is 29.8 Å². The molecule has 110 valence electrons. The lowest BCUT2D eigenvalue weighted by Crippen LogP contribution is -2.40. The Kier molecular flexibility index (Phi) is 6.01. The number of carbonyl (C=O) groups excluding carboxylic acids is 1. The summed E-state index contributed by atoms with van der Waals surface area (Å²) in [5, 5.41) is 11.6. The number of carboxylic acid groups (broad SMARTS) is 1. The number of benzene rings is 1. The Morgan fingerprint density at radius 2 is 2.05 bits per heavy atom. The second-order valence-electron chi connectivity index (χ2n) is 5.06. The molecule has 2 amide bonds. The molecule has 0 aromatic heterocycles. The largest absolute Gasteiger partial charge is 0.480 e. The van der Waals surface area contributed by atoms with E-state index in [9.17, 15) is 9.59 Å². The van der Waals surface area contributed by atoms with Crippen molar-refractivity contribution in [2.24, 2.45) is 5.92 Å². The number of nitrogens with zero attached hydrogens (tertiary/aromatic N) is 1. The maximum atomic E-state index is 12.1. The molecule has 0 bridgehead atoms. The number of amides is 2. The summed E-state index contributed by atoms with van der Waals surface area (Å²) in [5.74, 6) is -0.820. The first-order valence-electron chi connectivity index (χ1n) is 6.33. The van der Waals surface area contributed by atoms with Gasteiger partial charge in [0.05, 0.1) is 0 Å². The molecule has 20 heavy (non-hydrogen) atoms.